The van der Waals surface area contributed by atoms with Gasteiger partial charge in [0.2, 0.25) is 0 Å². The van der Waals surface area contributed by atoms with Crippen molar-refractivity contribution in [1.82, 2.24) is 0 Å². The van der Waals surface area contributed by atoms with Crippen LogP contribution in [0.25, 0.3) is 4.48 Å². The fourth-order valence-corrected chi connectivity index (χ4v) is 2.22. The Morgan fingerprint density at radius 2 is 1.83 bits per heavy atom. The molecule has 0 unspecified atom stereocenters. The van der Waals surface area contributed by atoms with Crippen LogP contribution in [0.15, 0.2) is 47.4 Å². The predicted octanol–water partition coefficient (Wildman–Crippen LogP) is 2.47. The summed E-state index contributed by atoms with van der Waals surface area (Å²) in [5.41, 5.74) is 0.762. The summed E-state index contributed by atoms with van der Waals surface area (Å²) in [5.74, 6) is -1.03. The molecule has 0 fully saturated rings. The maximum absolute atomic E-state index is 11.3. The average molecular weight is 331 g/mol. The van der Waals surface area contributed by atoms with E-state index in [-0.39, 0.29) is 4.90 Å². The van der Waals surface area contributed by atoms with E-state index >= 15 is 0 Å². The summed E-state index contributed by atoms with van der Waals surface area (Å²) in [6.45, 7) is 0. The van der Waals surface area contributed by atoms with Crippen molar-refractivity contribution < 1.29 is 18.3 Å². The van der Waals surface area contributed by atoms with Crippen molar-refractivity contribution >= 4 is 36.2 Å². The summed E-state index contributed by atoms with van der Waals surface area (Å²) in [6.07, 6.45) is 5.11. The number of allylic oxidation sites excluding steroid dienone is 2. The summed E-state index contributed by atoms with van der Waals surface area (Å²) >= 11 is 3.28. The quantitative estimate of drug-likeness (QED) is 0.680. The van der Waals surface area contributed by atoms with Crippen LogP contribution < -0.4 is 0 Å². The number of rotatable bonds is 4. The molecule has 1 aromatic carbocycles. The highest BCUT2D eigenvalue weighted by Crippen LogP contribution is 2.22. The van der Waals surface area contributed by atoms with Crippen LogP contribution in [0.1, 0.15) is 5.56 Å². The van der Waals surface area contributed by atoms with Gasteiger partial charge in [-0.15, -0.1) is 0 Å². The zero-order valence-corrected chi connectivity index (χ0v) is 11.9. The fourth-order valence-electron chi connectivity index (χ4n) is 1.17. The number of sulfone groups is 1. The van der Waals surface area contributed by atoms with Crippen LogP contribution in [0, 0.1) is 0 Å². The lowest BCUT2D eigenvalue weighted by molar-refractivity contribution is -0.131. The van der Waals surface area contributed by atoms with Crippen LogP contribution in [0.3, 0.4) is 0 Å². The molecule has 1 rings (SSSR count). The first-order valence-corrected chi connectivity index (χ1v) is 7.56. The number of carbonyl (C=O) groups is 1. The molecule has 6 heteroatoms. The van der Waals surface area contributed by atoms with Crippen molar-refractivity contribution in [2.45, 2.75) is 4.90 Å². The summed E-state index contributed by atoms with van der Waals surface area (Å²) in [7, 11) is -3.20. The first-order valence-electron chi connectivity index (χ1n) is 4.88. The molecule has 96 valence electrons. The number of halogens is 1. The standard InChI is InChI=1S/C12H11BrO4S/c1-18(16,17)10-7-5-9(6-8-10)11(13)3-2-4-12(14)15/h2-8H,1H3,(H,14,15)/b4-2+,11-3+. The largest absolute Gasteiger partial charge is 0.478 e. The highest BCUT2D eigenvalue weighted by molar-refractivity contribution is 9.15. The van der Waals surface area contributed by atoms with E-state index in [1.165, 1.54) is 18.2 Å². The molecule has 1 N–H and O–H groups in total. The van der Waals surface area contributed by atoms with E-state index in [1.807, 2.05) is 0 Å². The molecule has 0 aliphatic heterocycles. The minimum absolute atomic E-state index is 0.243. The van der Waals surface area contributed by atoms with Crippen LogP contribution >= 0.6 is 15.9 Å². The molecule has 0 radical (unpaired) electrons. The number of carboxylic acids is 1. The van der Waals surface area contributed by atoms with E-state index in [2.05, 4.69) is 15.9 Å². The van der Waals surface area contributed by atoms with E-state index in [0.29, 0.717) is 4.48 Å². The molecule has 0 aliphatic rings. The molecule has 1 aromatic rings. The Kier molecular flexibility index (Phi) is 4.86. The van der Waals surface area contributed by atoms with Gasteiger partial charge in [0.25, 0.3) is 0 Å². The average Bonchev–Trinajstić information content (AvgIpc) is 2.27. The van der Waals surface area contributed by atoms with E-state index in [9.17, 15) is 13.2 Å². The Hall–Kier alpha value is -1.40. The molecule has 0 saturated carbocycles. The van der Waals surface area contributed by atoms with Gasteiger partial charge in [-0.05, 0) is 23.8 Å². The molecule has 0 spiro atoms. The minimum Gasteiger partial charge on any atom is -0.478 e. The van der Waals surface area contributed by atoms with Crippen molar-refractivity contribution in [3.8, 4) is 0 Å². The fraction of sp³-hybridized carbons (Fsp3) is 0.0833. The van der Waals surface area contributed by atoms with Crippen LogP contribution in [0.5, 0.6) is 0 Å². The van der Waals surface area contributed by atoms with Gasteiger partial charge in [0.05, 0.1) is 4.90 Å². The summed E-state index contributed by atoms with van der Waals surface area (Å²) in [6, 6.07) is 6.29. The third-order valence-electron chi connectivity index (χ3n) is 2.04. The smallest absolute Gasteiger partial charge is 0.328 e. The Labute approximate surface area is 114 Å². The number of carboxylic acid groups (broad SMARTS) is 1. The van der Waals surface area contributed by atoms with E-state index in [1.54, 1.807) is 18.2 Å². The molecule has 18 heavy (non-hydrogen) atoms. The second-order valence-corrected chi connectivity index (χ2v) is 6.38. The van der Waals surface area contributed by atoms with Crippen molar-refractivity contribution in [3.05, 3.63) is 48.1 Å². The van der Waals surface area contributed by atoms with Crippen LogP contribution in [-0.4, -0.2) is 25.7 Å². The van der Waals surface area contributed by atoms with E-state index in [4.69, 9.17) is 5.11 Å². The lowest BCUT2D eigenvalue weighted by Crippen LogP contribution is -1.96. The molecule has 0 aliphatic carbocycles. The zero-order chi connectivity index (χ0) is 13.8. The Balaban J connectivity index is 2.96. The van der Waals surface area contributed by atoms with Gasteiger partial charge >= 0.3 is 5.97 Å². The highest BCUT2D eigenvalue weighted by Gasteiger charge is 2.06. The molecular weight excluding hydrogens is 320 g/mol. The highest BCUT2D eigenvalue weighted by atomic mass is 79.9. The SMILES string of the molecule is CS(=O)(=O)c1ccc(/C(Br)=C\C=C\C(=O)O)cc1. The molecule has 0 heterocycles. The Bertz CT molecular complexity index is 597. The van der Waals surface area contributed by atoms with Crippen molar-refractivity contribution in [2.75, 3.05) is 6.26 Å². The summed E-state index contributed by atoms with van der Waals surface area (Å²) in [4.78, 5) is 10.5. The lowest BCUT2D eigenvalue weighted by atomic mass is 10.2. The third kappa shape index (κ3) is 4.46. The monoisotopic (exact) mass is 330 g/mol. The molecule has 4 nitrogen and oxygen atoms in total. The molecule has 0 bridgehead atoms. The normalized spacial score (nSPS) is 12.9. The lowest BCUT2D eigenvalue weighted by Gasteiger charge is -2.01. The summed E-state index contributed by atoms with van der Waals surface area (Å²) < 4.78 is 23.2. The van der Waals surface area contributed by atoms with Gasteiger partial charge in [-0.2, -0.15) is 0 Å². The van der Waals surface area contributed by atoms with Gasteiger partial charge in [-0.1, -0.05) is 34.1 Å². The third-order valence-corrected chi connectivity index (χ3v) is 3.89. The molecule has 0 atom stereocenters. The van der Waals surface area contributed by atoms with Gasteiger partial charge in [0.15, 0.2) is 9.84 Å². The van der Waals surface area contributed by atoms with E-state index < -0.39 is 15.8 Å². The van der Waals surface area contributed by atoms with Crippen molar-refractivity contribution in [3.63, 3.8) is 0 Å². The molecule has 0 aromatic heterocycles. The van der Waals surface area contributed by atoms with Crippen LogP contribution in [0.4, 0.5) is 0 Å². The zero-order valence-electron chi connectivity index (χ0n) is 9.50. The first-order chi connectivity index (χ1) is 8.30. The second-order valence-electron chi connectivity index (χ2n) is 3.51. The predicted molar refractivity (Wildman–Crippen MR) is 73.2 cm³/mol. The first kappa shape index (κ1) is 14.7. The van der Waals surface area contributed by atoms with Gasteiger partial charge in [-0.25, -0.2) is 13.2 Å². The van der Waals surface area contributed by atoms with Crippen molar-refractivity contribution in [1.29, 1.82) is 0 Å². The maximum atomic E-state index is 11.3. The Morgan fingerprint density at radius 3 is 2.28 bits per heavy atom. The number of hydrogen-bond acceptors (Lipinski definition) is 3. The van der Waals surface area contributed by atoms with Crippen LogP contribution in [-0.2, 0) is 14.6 Å². The van der Waals surface area contributed by atoms with Gasteiger partial charge in [-0.3, -0.25) is 0 Å². The number of aliphatic carboxylic acids is 1. The second kappa shape index (κ2) is 5.97. The van der Waals surface area contributed by atoms with Gasteiger partial charge in [0.1, 0.15) is 0 Å². The minimum atomic E-state index is -3.20. The van der Waals surface area contributed by atoms with Gasteiger partial charge < -0.3 is 5.11 Å². The number of benzene rings is 1. The maximum Gasteiger partial charge on any atom is 0.328 e. The molecule has 0 amide bonds. The Morgan fingerprint density at radius 1 is 1.28 bits per heavy atom. The van der Waals surface area contributed by atoms with Crippen molar-refractivity contribution in [2.24, 2.45) is 0 Å². The molecular formula is C12H11BrO4S. The summed E-state index contributed by atoms with van der Waals surface area (Å²) in [5, 5.41) is 8.42. The van der Waals surface area contributed by atoms with Gasteiger partial charge in [0, 0.05) is 16.8 Å². The molecule has 0 saturated heterocycles. The van der Waals surface area contributed by atoms with Crippen LogP contribution in [0.2, 0.25) is 0 Å². The van der Waals surface area contributed by atoms with E-state index in [0.717, 1.165) is 17.9 Å². The number of hydrogen-bond donors (Lipinski definition) is 1. The topological polar surface area (TPSA) is 71.4 Å².